The third-order valence-electron chi connectivity index (χ3n) is 4.61. The number of aryl methyl sites for hydroxylation is 1. The van der Waals surface area contributed by atoms with Crippen LogP contribution in [0.2, 0.25) is 5.02 Å². The standard InChI is InChI=1S/C24H14Br2ClNO4/c1-13-6-2-3-7-15(13)23(29)31-21-17(25)10-14(11-18(21)26)12-20-24(30)32-22(28-20)16-8-4-5-9-19(16)27/h2-12H,1H3/b20-12-. The van der Waals surface area contributed by atoms with Crippen LogP contribution in [0.1, 0.15) is 27.0 Å². The van der Waals surface area contributed by atoms with Gasteiger partial charge < -0.3 is 9.47 Å². The highest BCUT2D eigenvalue weighted by Crippen LogP contribution is 2.36. The minimum absolute atomic E-state index is 0.128. The predicted octanol–water partition coefficient (Wildman–Crippen LogP) is 6.74. The number of carbonyl (C=O) groups excluding carboxylic acids is 2. The maximum Gasteiger partial charge on any atom is 0.363 e. The van der Waals surface area contributed by atoms with Crippen molar-refractivity contribution in [2.45, 2.75) is 6.92 Å². The minimum Gasteiger partial charge on any atom is -0.420 e. The Labute approximate surface area is 206 Å². The lowest BCUT2D eigenvalue weighted by Crippen LogP contribution is -2.11. The fraction of sp³-hybridized carbons (Fsp3) is 0.0417. The Balaban J connectivity index is 1.61. The zero-order chi connectivity index (χ0) is 22.8. The monoisotopic (exact) mass is 573 g/mol. The number of cyclic esters (lactones) is 1. The first kappa shape index (κ1) is 22.5. The fourth-order valence-electron chi connectivity index (χ4n) is 3.03. The van der Waals surface area contributed by atoms with E-state index in [0.29, 0.717) is 36.4 Å². The van der Waals surface area contributed by atoms with Gasteiger partial charge in [0.05, 0.1) is 25.1 Å². The summed E-state index contributed by atoms with van der Waals surface area (Å²) in [5.41, 5.74) is 2.61. The largest absolute Gasteiger partial charge is 0.420 e. The van der Waals surface area contributed by atoms with Gasteiger partial charge in [0.1, 0.15) is 0 Å². The van der Waals surface area contributed by atoms with Gasteiger partial charge in [-0.05, 0) is 86.3 Å². The van der Waals surface area contributed by atoms with Gasteiger partial charge in [-0.15, -0.1) is 0 Å². The van der Waals surface area contributed by atoms with E-state index in [-0.39, 0.29) is 11.6 Å². The molecule has 3 aromatic carbocycles. The predicted molar refractivity (Wildman–Crippen MR) is 130 cm³/mol. The molecule has 32 heavy (non-hydrogen) atoms. The molecule has 0 bridgehead atoms. The Bertz CT molecular complexity index is 1290. The van der Waals surface area contributed by atoms with E-state index in [1.54, 1.807) is 54.6 Å². The van der Waals surface area contributed by atoms with Crippen LogP contribution in [0, 0.1) is 6.92 Å². The summed E-state index contributed by atoms with van der Waals surface area (Å²) in [5, 5.41) is 0.436. The molecule has 0 aromatic heterocycles. The quantitative estimate of drug-likeness (QED) is 0.196. The zero-order valence-corrected chi connectivity index (χ0v) is 20.5. The summed E-state index contributed by atoms with van der Waals surface area (Å²) in [4.78, 5) is 29.2. The third kappa shape index (κ3) is 4.70. The highest BCUT2D eigenvalue weighted by molar-refractivity contribution is 9.11. The number of hydrogen-bond donors (Lipinski definition) is 0. The van der Waals surface area contributed by atoms with E-state index < -0.39 is 11.9 Å². The van der Waals surface area contributed by atoms with Gasteiger partial charge in [0, 0.05) is 0 Å². The topological polar surface area (TPSA) is 65.0 Å². The van der Waals surface area contributed by atoms with Crippen molar-refractivity contribution in [3.63, 3.8) is 0 Å². The molecule has 0 spiro atoms. The highest BCUT2D eigenvalue weighted by atomic mass is 79.9. The maximum absolute atomic E-state index is 12.6. The number of rotatable bonds is 4. The van der Waals surface area contributed by atoms with Crippen LogP contribution < -0.4 is 4.74 Å². The number of halogens is 3. The summed E-state index contributed by atoms with van der Waals surface area (Å²) >= 11 is 13.0. The summed E-state index contributed by atoms with van der Waals surface area (Å²) < 4.78 is 11.9. The van der Waals surface area contributed by atoms with Crippen LogP contribution in [-0.4, -0.2) is 17.8 Å². The molecule has 1 aliphatic rings. The van der Waals surface area contributed by atoms with E-state index >= 15 is 0 Å². The van der Waals surface area contributed by atoms with Crippen molar-refractivity contribution in [3.05, 3.63) is 103 Å². The fourth-order valence-corrected chi connectivity index (χ4v) is 4.63. The lowest BCUT2D eigenvalue weighted by atomic mass is 10.1. The average Bonchev–Trinajstić information content (AvgIpc) is 3.11. The van der Waals surface area contributed by atoms with Gasteiger partial charge in [-0.2, -0.15) is 0 Å². The molecule has 0 fully saturated rings. The van der Waals surface area contributed by atoms with Gasteiger partial charge in [-0.25, -0.2) is 14.6 Å². The second-order valence-electron chi connectivity index (χ2n) is 6.83. The number of nitrogens with zero attached hydrogens (tertiary/aromatic N) is 1. The molecule has 4 rings (SSSR count). The Morgan fingerprint density at radius 2 is 1.72 bits per heavy atom. The van der Waals surface area contributed by atoms with Crippen molar-refractivity contribution in [1.29, 1.82) is 0 Å². The van der Waals surface area contributed by atoms with Gasteiger partial charge in [-0.1, -0.05) is 41.9 Å². The second-order valence-corrected chi connectivity index (χ2v) is 8.95. The van der Waals surface area contributed by atoms with Crippen LogP contribution in [0.15, 0.2) is 80.3 Å². The summed E-state index contributed by atoms with van der Waals surface area (Å²) in [6.45, 7) is 1.84. The molecule has 0 amide bonds. The zero-order valence-electron chi connectivity index (χ0n) is 16.6. The maximum atomic E-state index is 12.6. The van der Waals surface area contributed by atoms with Crippen LogP contribution >= 0.6 is 43.5 Å². The first-order chi connectivity index (χ1) is 15.3. The van der Waals surface area contributed by atoms with Gasteiger partial charge in [-0.3, -0.25) is 0 Å². The van der Waals surface area contributed by atoms with Crippen molar-refractivity contribution >= 4 is 67.4 Å². The molecule has 1 aliphatic heterocycles. The van der Waals surface area contributed by atoms with Gasteiger partial charge in [0.15, 0.2) is 11.4 Å². The van der Waals surface area contributed by atoms with E-state index in [2.05, 4.69) is 36.9 Å². The van der Waals surface area contributed by atoms with Crippen LogP contribution in [0.25, 0.3) is 6.08 Å². The molecule has 8 heteroatoms. The van der Waals surface area contributed by atoms with Gasteiger partial charge in [0.2, 0.25) is 5.90 Å². The SMILES string of the molecule is Cc1ccccc1C(=O)Oc1c(Br)cc(/C=C2\N=C(c3ccccc3Cl)OC2=O)cc1Br. The summed E-state index contributed by atoms with van der Waals surface area (Å²) in [6.07, 6.45) is 1.58. The first-order valence-corrected chi connectivity index (χ1v) is 11.3. The Kier molecular flexibility index (Phi) is 6.60. The van der Waals surface area contributed by atoms with Crippen molar-refractivity contribution < 1.29 is 19.1 Å². The molecule has 0 atom stereocenters. The van der Waals surface area contributed by atoms with Gasteiger partial charge >= 0.3 is 11.9 Å². The summed E-state index contributed by atoms with van der Waals surface area (Å²) in [6, 6.07) is 17.6. The molecule has 1 heterocycles. The number of hydrogen-bond acceptors (Lipinski definition) is 5. The molecule has 0 saturated carbocycles. The Hall–Kier alpha value is -2.74. The van der Waals surface area contributed by atoms with E-state index in [9.17, 15) is 9.59 Å². The van der Waals surface area contributed by atoms with Crippen molar-refractivity contribution in [2.24, 2.45) is 4.99 Å². The van der Waals surface area contributed by atoms with E-state index in [4.69, 9.17) is 21.1 Å². The van der Waals surface area contributed by atoms with Crippen LogP contribution in [0.5, 0.6) is 5.75 Å². The van der Waals surface area contributed by atoms with E-state index in [1.807, 2.05) is 19.1 Å². The normalized spacial score (nSPS) is 14.3. The van der Waals surface area contributed by atoms with Crippen LogP contribution in [0.4, 0.5) is 0 Å². The lowest BCUT2D eigenvalue weighted by molar-refractivity contribution is -0.129. The number of benzene rings is 3. The molecule has 0 unspecified atom stereocenters. The summed E-state index contributed by atoms with van der Waals surface area (Å²) in [7, 11) is 0. The van der Waals surface area contributed by atoms with E-state index in [0.717, 1.165) is 5.56 Å². The van der Waals surface area contributed by atoms with Crippen LogP contribution in [0.3, 0.4) is 0 Å². The molecule has 3 aromatic rings. The van der Waals surface area contributed by atoms with Crippen molar-refractivity contribution in [3.8, 4) is 5.75 Å². The molecule has 0 saturated heterocycles. The second kappa shape index (κ2) is 9.40. The average molecular weight is 576 g/mol. The number of ether oxygens (including phenoxy) is 2. The lowest BCUT2D eigenvalue weighted by Gasteiger charge is -2.11. The molecule has 160 valence electrons. The Morgan fingerprint density at radius 3 is 2.41 bits per heavy atom. The molecular weight excluding hydrogens is 562 g/mol. The molecule has 0 N–H and O–H groups in total. The number of esters is 2. The number of carbonyl (C=O) groups is 2. The molecule has 0 aliphatic carbocycles. The van der Waals surface area contributed by atoms with Crippen molar-refractivity contribution in [2.75, 3.05) is 0 Å². The van der Waals surface area contributed by atoms with Crippen molar-refractivity contribution in [1.82, 2.24) is 0 Å². The smallest absolute Gasteiger partial charge is 0.363 e. The highest BCUT2D eigenvalue weighted by Gasteiger charge is 2.26. The van der Waals surface area contributed by atoms with E-state index in [1.165, 1.54) is 0 Å². The minimum atomic E-state index is -0.581. The molecular formula is C24H14Br2ClNO4. The molecule has 0 radical (unpaired) electrons. The van der Waals surface area contributed by atoms with Crippen LogP contribution in [-0.2, 0) is 9.53 Å². The first-order valence-electron chi connectivity index (χ1n) is 9.38. The summed E-state index contributed by atoms with van der Waals surface area (Å²) in [5.74, 6) is -0.574. The number of aliphatic imine (C=N–C) groups is 1. The molecule has 5 nitrogen and oxygen atoms in total. The van der Waals surface area contributed by atoms with Gasteiger partial charge in [0.25, 0.3) is 0 Å². The third-order valence-corrected chi connectivity index (χ3v) is 6.12. The Morgan fingerprint density at radius 1 is 1.06 bits per heavy atom.